The van der Waals surface area contributed by atoms with Crippen LogP contribution in [0.4, 0.5) is 0 Å². The number of rotatable bonds is 3. The predicted molar refractivity (Wildman–Crippen MR) is 73.3 cm³/mol. The molecule has 1 aromatic heterocycles. The number of Topliss-reactive ketones (excluding diaryl/α,β-unsaturated/α-hetero) is 1. The van der Waals surface area contributed by atoms with Crippen LogP contribution in [0.3, 0.4) is 0 Å². The minimum absolute atomic E-state index is 0.0328. The number of fused-ring (bicyclic) bond motifs is 1. The Labute approximate surface area is 112 Å². The highest BCUT2D eigenvalue weighted by molar-refractivity contribution is 5.95. The fourth-order valence-corrected chi connectivity index (χ4v) is 2.55. The first kappa shape index (κ1) is 12.0. The summed E-state index contributed by atoms with van der Waals surface area (Å²) in [7, 11) is 0. The van der Waals surface area contributed by atoms with Crippen molar-refractivity contribution in [3.8, 4) is 0 Å². The zero-order valence-electron chi connectivity index (χ0n) is 11.0. The van der Waals surface area contributed by atoms with Gasteiger partial charge in [-0.2, -0.15) is 0 Å². The number of hydrogen-bond donors (Lipinski definition) is 0. The molecule has 96 valence electrons. The van der Waals surface area contributed by atoms with Crippen LogP contribution < -0.4 is 0 Å². The van der Waals surface area contributed by atoms with E-state index in [4.69, 9.17) is 0 Å². The molecule has 0 bridgehead atoms. The van der Waals surface area contributed by atoms with Gasteiger partial charge in [-0.25, -0.2) is 4.98 Å². The van der Waals surface area contributed by atoms with Gasteiger partial charge in [0, 0.05) is 12.6 Å². The third-order valence-electron chi connectivity index (χ3n) is 3.59. The van der Waals surface area contributed by atoms with Gasteiger partial charge in [0.25, 0.3) is 0 Å². The minimum atomic E-state index is 0.0328. The quantitative estimate of drug-likeness (QED) is 0.789. The Morgan fingerprint density at radius 2 is 2.00 bits per heavy atom. The molecular formula is C16H16N2O. The van der Waals surface area contributed by atoms with Crippen LogP contribution in [0.25, 0.3) is 0 Å². The molecule has 3 nitrogen and oxygen atoms in total. The Hall–Kier alpha value is -2.03. The molecule has 0 radical (unpaired) electrons. The normalized spacial score (nSPS) is 13.3. The summed E-state index contributed by atoms with van der Waals surface area (Å²) in [4.78, 5) is 20.4. The van der Waals surface area contributed by atoms with E-state index in [0.29, 0.717) is 12.1 Å². The largest absolute Gasteiger partial charge is 0.292 e. The number of ketones is 1. The van der Waals surface area contributed by atoms with Gasteiger partial charge in [-0.3, -0.25) is 9.78 Å². The smallest absolute Gasteiger partial charge is 0.187 e. The maximum atomic E-state index is 12.1. The van der Waals surface area contributed by atoms with Crippen LogP contribution in [0.2, 0.25) is 0 Å². The molecule has 1 heterocycles. The summed E-state index contributed by atoms with van der Waals surface area (Å²) >= 11 is 0. The van der Waals surface area contributed by atoms with E-state index in [2.05, 4.69) is 28.2 Å². The first-order valence-electron chi connectivity index (χ1n) is 6.65. The molecule has 19 heavy (non-hydrogen) atoms. The van der Waals surface area contributed by atoms with Crippen molar-refractivity contribution < 1.29 is 4.79 Å². The van der Waals surface area contributed by atoms with Crippen molar-refractivity contribution in [2.24, 2.45) is 0 Å². The lowest BCUT2D eigenvalue weighted by Crippen LogP contribution is -2.07. The number of nitrogens with zero attached hydrogens (tertiary/aromatic N) is 2. The van der Waals surface area contributed by atoms with E-state index in [1.165, 1.54) is 24.0 Å². The first-order valence-corrected chi connectivity index (χ1v) is 6.65. The molecule has 0 N–H and O–H groups in total. The summed E-state index contributed by atoms with van der Waals surface area (Å²) in [6.07, 6.45) is 7.15. The van der Waals surface area contributed by atoms with E-state index in [-0.39, 0.29) is 5.78 Å². The van der Waals surface area contributed by atoms with Crippen molar-refractivity contribution in [3.05, 3.63) is 58.7 Å². The van der Waals surface area contributed by atoms with Crippen molar-refractivity contribution >= 4 is 5.78 Å². The van der Waals surface area contributed by atoms with Gasteiger partial charge in [0.05, 0.1) is 11.9 Å². The highest BCUT2D eigenvalue weighted by Crippen LogP contribution is 2.23. The maximum Gasteiger partial charge on any atom is 0.187 e. The van der Waals surface area contributed by atoms with Gasteiger partial charge >= 0.3 is 0 Å². The third kappa shape index (κ3) is 2.55. The first-order chi connectivity index (χ1) is 9.22. The molecule has 0 atom stereocenters. The summed E-state index contributed by atoms with van der Waals surface area (Å²) in [6, 6.07) is 6.39. The summed E-state index contributed by atoms with van der Waals surface area (Å²) < 4.78 is 0. The van der Waals surface area contributed by atoms with Crippen LogP contribution in [-0.4, -0.2) is 15.8 Å². The SMILES string of the molecule is Cc1cnc(C(=O)Cc2ccc3c(c2)CCC3)cn1. The molecule has 2 aromatic rings. The second-order valence-electron chi connectivity index (χ2n) is 5.10. The topological polar surface area (TPSA) is 42.9 Å². The molecule has 1 aliphatic rings. The van der Waals surface area contributed by atoms with Crippen LogP contribution in [-0.2, 0) is 19.3 Å². The monoisotopic (exact) mass is 252 g/mol. The van der Waals surface area contributed by atoms with Crippen molar-refractivity contribution in [1.82, 2.24) is 9.97 Å². The molecule has 1 aromatic carbocycles. The van der Waals surface area contributed by atoms with Crippen LogP contribution >= 0.6 is 0 Å². The molecule has 0 unspecified atom stereocenters. The fourth-order valence-electron chi connectivity index (χ4n) is 2.55. The molecule has 0 spiro atoms. The van der Waals surface area contributed by atoms with E-state index in [9.17, 15) is 4.79 Å². The second-order valence-corrected chi connectivity index (χ2v) is 5.10. The van der Waals surface area contributed by atoms with Crippen molar-refractivity contribution in [2.75, 3.05) is 0 Å². The lowest BCUT2D eigenvalue weighted by molar-refractivity contribution is 0.0988. The van der Waals surface area contributed by atoms with Gasteiger partial charge in [-0.05, 0) is 42.9 Å². The van der Waals surface area contributed by atoms with Crippen molar-refractivity contribution in [1.29, 1.82) is 0 Å². The zero-order valence-corrected chi connectivity index (χ0v) is 11.0. The highest BCUT2D eigenvalue weighted by atomic mass is 16.1. The lowest BCUT2D eigenvalue weighted by Gasteiger charge is -2.04. The average Bonchev–Trinajstić information content (AvgIpc) is 2.87. The zero-order chi connectivity index (χ0) is 13.2. The van der Waals surface area contributed by atoms with Crippen LogP contribution in [0, 0.1) is 6.92 Å². The number of carbonyl (C=O) groups excluding carboxylic acids is 1. The summed E-state index contributed by atoms with van der Waals surface area (Å²) in [5.41, 5.74) is 5.19. The molecule has 0 saturated carbocycles. The van der Waals surface area contributed by atoms with Gasteiger partial charge in [0.15, 0.2) is 5.78 Å². The van der Waals surface area contributed by atoms with Crippen LogP contribution in [0.5, 0.6) is 0 Å². The average molecular weight is 252 g/mol. The standard InChI is InChI=1S/C16H16N2O/c1-11-9-18-15(10-17-11)16(19)8-12-5-6-13-3-2-4-14(13)7-12/h5-7,9-10H,2-4,8H2,1H3. The Kier molecular flexibility index (Phi) is 3.11. The lowest BCUT2D eigenvalue weighted by atomic mass is 10.0. The Bertz CT molecular complexity index is 617. The number of carbonyl (C=O) groups is 1. The molecule has 3 heteroatoms. The van der Waals surface area contributed by atoms with E-state index in [0.717, 1.165) is 17.7 Å². The Morgan fingerprint density at radius 3 is 2.79 bits per heavy atom. The molecular weight excluding hydrogens is 236 g/mol. The molecule has 0 saturated heterocycles. The second kappa shape index (κ2) is 4.92. The highest BCUT2D eigenvalue weighted by Gasteiger charge is 2.13. The number of aryl methyl sites for hydroxylation is 3. The minimum Gasteiger partial charge on any atom is -0.292 e. The molecule has 3 rings (SSSR count). The van der Waals surface area contributed by atoms with Gasteiger partial charge in [-0.1, -0.05) is 18.2 Å². The molecule has 1 aliphatic carbocycles. The van der Waals surface area contributed by atoms with Gasteiger partial charge in [0.1, 0.15) is 5.69 Å². The fraction of sp³-hybridized carbons (Fsp3) is 0.312. The van der Waals surface area contributed by atoms with E-state index >= 15 is 0 Å². The Morgan fingerprint density at radius 1 is 1.16 bits per heavy atom. The van der Waals surface area contributed by atoms with Crippen LogP contribution in [0.15, 0.2) is 30.6 Å². The van der Waals surface area contributed by atoms with Crippen molar-refractivity contribution in [3.63, 3.8) is 0 Å². The molecule has 0 aliphatic heterocycles. The predicted octanol–water partition coefficient (Wildman–Crippen LogP) is 2.70. The molecule has 0 amide bonds. The van der Waals surface area contributed by atoms with Crippen molar-refractivity contribution in [2.45, 2.75) is 32.6 Å². The van der Waals surface area contributed by atoms with Crippen LogP contribution in [0.1, 0.15) is 39.3 Å². The summed E-state index contributed by atoms with van der Waals surface area (Å²) in [5, 5.41) is 0. The van der Waals surface area contributed by atoms with Gasteiger partial charge in [0.2, 0.25) is 0 Å². The summed E-state index contributed by atoms with van der Waals surface area (Å²) in [5.74, 6) is 0.0328. The summed E-state index contributed by atoms with van der Waals surface area (Å²) in [6.45, 7) is 1.86. The van der Waals surface area contributed by atoms with E-state index in [1.807, 2.05) is 6.92 Å². The van der Waals surface area contributed by atoms with Gasteiger partial charge < -0.3 is 0 Å². The number of aromatic nitrogens is 2. The number of benzene rings is 1. The van der Waals surface area contributed by atoms with Gasteiger partial charge in [-0.15, -0.1) is 0 Å². The maximum absolute atomic E-state index is 12.1. The number of hydrogen-bond acceptors (Lipinski definition) is 3. The third-order valence-corrected chi connectivity index (χ3v) is 3.59. The van der Waals surface area contributed by atoms with E-state index < -0.39 is 0 Å². The molecule has 0 fully saturated rings. The van der Waals surface area contributed by atoms with E-state index in [1.54, 1.807) is 12.4 Å². The Balaban J connectivity index is 1.77.